The number of nitrogens with zero attached hydrogens (tertiary/aromatic N) is 5. The lowest BCUT2D eigenvalue weighted by Gasteiger charge is -2.40. The van der Waals surface area contributed by atoms with E-state index in [0.29, 0.717) is 17.6 Å². The summed E-state index contributed by atoms with van der Waals surface area (Å²) in [4.78, 5) is 33.9. The molecule has 1 saturated heterocycles. The molecule has 0 unspecified atom stereocenters. The Morgan fingerprint density at radius 2 is 1.97 bits per heavy atom. The highest BCUT2D eigenvalue weighted by molar-refractivity contribution is 5.77. The Morgan fingerprint density at radius 1 is 1.20 bits per heavy atom. The zero-order chi connectivity index (χ0) is 20.9. The third-order valence-electron chi connectivity index (χ3n) is 6.42. The van der Waals surface area contributed by atoms with Crippen molar-refractivity contribution < 1.29 is 9.32 Å². The van der Waals surface area contributed by atoms with Gasteiger partial charge in [-0.1, -0.05) is 24.4 Å². The number of carbonyl (C=O) groups excluding carboxylic acids is 1. The Morgan fingerprint density at radius 3 is 2.73 bits per heavy atom. The number of amides is 1. The van der Waals surface area contributed by atoms with Crippen LogP contribution in [-0.4, -0.2) is 75.7 Å². The van der Waals surface area contributed by atoms with Gasteiger partial charge in [0.1, 0.15) is 18.3 Å². The predicted octanol–water partition coefficient (Wildman–Crippen LogP) is 1.15. The fourth-order valence-corrected chi connectivity index (χ4v) is 4.66. The maximum atomic E-state index is 12.5. The van der Waals surface area contributed by atoms with Gasteiger partial charge in [0, 0.05) is 38.8 Å². The van der Waals surface area contributed by atoms with Crippen molar-refractivity contribution in [3.63, 3.8) is 0 Å². The molecule has 2 fully saturated rings. The molecule has 0 spiro atoms. The summed E-state index contributed by atoms with van der Waals surface area (Å²) in [5.74, 6) is -0.186. The maximum Gasteiger partial charge on any atom is 0.267 e. The van der Waals surface area contributed by atoms with Gasteiger partial charge in [-0.05, 0) is 32.7 Å². The fourth-order valence-electron chi connectivity index (χ4n) is 4.66. The second-order valence-corrected chi connectivity index (χ2v) is 8.50. The smallest absolute Gasteiger partial charge is 0.267 e. The van der Waals surface area contributed by atoms with Crippen LogP contribution >= 0.6 is 0 Å². The number of nitrogens with one attached hydrogen (secondary N) is 1. The number of carbonyl (C=O) groups is 1. The van der Waals surface area contributed by atoms with E-state index in [1.807, 2.05) is 0 Å². The quantitative estimate of drug-likeness (QED) is 0.676. The summed E-state index contributed by atoms with van der Waals surface area (Å²) in [6, 6.07) is 0.805. The van der Waals surface area contributed by atoms with Gasteiger partial charge in [0.2, 0.25) is 5.91 Å². The van der Waals surface area contributed by atoms with Gasteiger partial charge in [-0.25, -0.2) is 4.98 Å². The number of rotatable bonds is 7. The molecule has 3 heterocycles. The molecule has 0 bridgehead atoms. The topological polar surface area (TPSA) is 96.5 Å². The first-order chi connectivity index (χ1) is 14.6. The van der Waals surface area contributed by atoms with Gasteiger partial charge in [-0.15, -0.1) is 0 Å². The van der Waals surface area contributed by atoms with Crippen molar-refractivity contribution in [1.29, 1.82) is 0 Å². The summed E-state index contributed by atoms with van der Waals surface area (Å²) < 4.78 is 6.28. The van der Waals surface area contributed by atoms with Gasteiger partial charge >= 0.3 is 0 Å². The van der Waals surface area contributed by atoms with Crippen LogP contribution in [0, 0.1) is 6.92 Å². The average Bonchev–Trinajstić information content (AvgIpc) is 3.16. The third kappa shape index (κ3) is 4.89. The lowest BCUT2D eigenvalue weighted by Crippen LogP contribution is -2.51. The fraction of sp³-hybridized carbons (Fsp3) is 0.714. The molecule has 30 heavy (non-hydrogen) atoms. The highest BCUT2D eigenvalue weighted by Crippen LogP contribution is 2.23. The minimum atomic E-state index is -0.301. The summed E-state index contributed by atoms with van der Waals surface area (Å²) in [5.41, 5.74) is 0.392. The van der Waals surface area contributed by atoms with Gasteiger partial charge in [0.15, 0.2) is 0 Å². The number of fused-ring (bicyclic) bond motifs is 1. The first-order valence-corrected chi connectivity index (χ1v) is 11.2. The average molecular weight is 417 g/mol. The standard InChI is InChI=1S/C21H32N6O3/c1-16-19-20(30-24-16)23-15-27(21(19)29)14-18(28)22-8-5-9-25-10-12-26(13-11-25)17-6-3-2-4-7-17/h15,17H,2-14H2,1H3,(H,22,28). The molecule has 1 aliphatic heterocycles. The molecular weight excluding hydrogens is 384 g/mol. The van der Waals surface area contributed by atoms with Crippen molar-refractivity contribution in [2.75, 3.05) is 39.3 Å². The van der Waals surface area contributed by atoms with Crippen molar-refractivity contribution in [3.05, 3.63) is 22.4 Å². The summed E-state index contributed by atoms with van der Waals surface area (Å²) >= 11 is 0. The van der Waals surface area contributed by atoms with Crippen molar-refractivity contribution in [2.24, 2.45) is 0 Å². The molecule has 1 aliphatic carbocycles. The Bertz CT molecular complexity index is 909. The lowest BCUT2D eigenvalue weighted by molar-refractivity contribution is -0.121. The second-order valence-electron chi connectivity index (χ2n) is 8.50. The van der Waals surface area contributed by atoms with E-state index in [1.165, 1.54) is 43.0 Å². The largest absolute Gasteiger partial charge is 0.354 e. The highest BCUT2D eigenvalue weighted by Gasteiger charge is 2.24. The number of aryl methyl sites for hydroxylation is 1. The van der Waals surface area contributed by atoms with Crippen LogP contribution in [0.15, 0.2) is 15.6 Å². The van der Waals surface area contributed by atoms with Crippen LogP contribution in [-0.2, 0) is 11.3 Å². The van der Waals surface area contributed by atoms with Crippen LogP contribution in [0.4, 0.5) is 0 Å². The molecule has 0 atom stereocenters. The zero-order valence-corrected chi connectivity index (χ0v) is 17.8. The number of piperazine rings is 1. The number of aromatic nitrogens is 3. The van der Waals surface area contributed by atoms with E-state index in [4.69, 9.17) is 4.52 Å². The van der Waals surface area contributed by atoms with E-state index < -0.39 is 0 Å². The molecular formula is C21H32N6O3. The van der Waals surface area contributed by atoms with Crippen molar-refractivity contribution >= 4 is 17.0 Å². The number of hydrogen-bond donors (Lipinski definition) is 1. The Kier molecular flexibility index (Phi) is 6.79. The van der Waals surface area contributed by atoms with Crippen LogP contribution in [0.1, 0.15) is 44.2 Å². The summed E-state index contributed by atoms with van der Waals surface area (Å²) in [6.45, 7) is 7.80. The van der Waals surface area contributed by atoms with Crippen LogP contribution in [0.3, 0.4) is 0 Å². The minimum Gasteiger partial charge on any atom is -0.354 e. The van der Waals surface area contributed by atoms with E-state index in [9.17, 15) is 9.59 Å². The van der Waals surface area contributed by atoms with Crippen LogP contribution in [0.25, 0.3) is 11.1 Å². The molecule has 2 aliphatic rings. The molecule has 4 rings (SSSR count). The number of hydrogen-bond acceptors (Lipinski definition) is 7. The molecule has 164 valence electrons. The third-order valence-corrected chi connectivity index (χ3v) is 6.42. The molecule has 1 N–H and O–H groups in total. The Balaban J connectivity index is 1.16. The van der Waals surface area contributed by atoms with Gasteiger partial charge in [0.05, 0.1) is 5.69 Å². The molecule has 2 aromatic heterocycles. The van der Waals surface area contributed by atoms with Crippen molar-refractivity contribution in [3.8, 4) is 0 Å². The van der Waals surface area contributed by atoms with Gasteiger partial charge < -0.3 is 14.7 Å². The van der Waals surface area contributed by atoms with Crippen LogP contribution in [0.2, 0.25) is 0 Å². The predicted molar refractivity (Wildman–Crippen MR) is 113 cm³/mol. The van der Waals surface area contributed by atoms with E-state index >= 15 is 0 Å². The van der Waals surface area contributed by atoms with E-state index in [0.717, 1.165) is 45.2 Å². The maximum absolute atomic E-state index is 12.5. The summed E-state index contributed by atoms with van der Waals surface area (Å²) in [7, 11) is 0. The van der Waals surface area contributed by atoms with E-state index in [-0.39, 0.29) is 23.7 Å². The normalized spacial score (nSPS) is 19.4. The monoisotopic (exact) mass is 416 g/mol. The molecule has 1 amide bonds. The molecule has 1 saturated carbocycles. The van der Waals surface area contributed by atoms with Crippen molar-refractivity contribution in [1.82, 2.24) is 29.8 Å². The van der Waals surface area contributed by atoms with Gasteiger partial charge in [-0.3, -0.25) is 19.1 Å². The molecule has 9 heteroatoms. The van der Waals surface area contributed by atoms with Gasteiger partial charge in [-0.2, -0.15) is 0 Å². The Hall–Kier alpha value is -2.26. The molecule has 9 nitrogen and oxygen atoms in total. The van der Waals surface area contributed by atoms with Crippen LogP contribution < -0.4 is 10.9 Å². The molecule has 0 aromatic carbocycles. The zero-order valence-electron chi connectivity index (χ0n) is 17.8. The van der Waals surface area contributed by atoms with E-state index in [1.54, 1.807) is 6.92 Å². The minimum absolute atomic E-state index is 0.0492. The van der Waals surface area contributed by atoms with E-state index in [2.05, 4.69) is 25.3 Å². The first kappa shape index (κ1) is 21.0. The first-order valence-electron chi connectivity index (χ1n) is 11.2. The lowest BCUT2D eigenvalue weighted by atomic mass is 9.94. The highest BCUT2D eigenvalue weighted by atomic mass is 16.5. The molecule has 2 aromatic rings. The summed E-state index contributed by atoms with van der Waals surface area (Å²) in [6.07, 6.45) is 9.16. The van der Waals surface area contributed by atoms with Crippen LogP contribution in [0.5, 0.6) is 0 Å². The summed E-state index contributed by atoms with van der Waals surface area (Å²) in [5, 5.41) is 7.00. The van der Waals surface area contributed by atoms with Gasteiger partial charge in [0.25, 0.3) is 11.3 Å². The Labute approximate surface area is 176 Å². The van der Waals surface area contributed by atoms with Crippen molar-refractivity contribution in [2.45, 2.75) is 58.0 Å². The molecule has 0 radical (unpaired) electrons. The second kappa shape index (κ2) is 9.70. The SMILES string of the molecule is Cc1noc2ncn(CC(=O)NCCCN3CCN(C4CCCCC4)CC3)c(=O)c12.